The van der Waals surface area contributed by atoms with Gasteiger partial charge in [-0.05, 0) is 36.2 Å². The third-order valence-corrected chi connectivity index (χ3v) is 6.63. The number of hydrogen-bond acceptors (Lipinski definition) is 6. The second kappa shape index (κ2) is 7.00. The lowest BCUT2D eigenvalue weighted by atomic mass is 9.76. The second-order valence-electron chi connectivity index (χ2n) is 8.82. The molecule has 0 radical (unpaired) electrons. The Morgan fingerprint density at radius 2 is 1.72 bits per heavy atom. The Morgan fingerprint density at radius 3 is 2.38 bits per heavy atom. The fraction of sp³-hybridized carbons (Fsp3) is 0.333. The van der Waals surface area contributed by atoms with E-state index in [2.05, 4.69) is 10.6 Å². The van der Waals surface area contributed by atoms with Gasteiger partial charge in [0, 0.05) is 24.2 Å². The molecule has 5 rings (SSSR count). The number of nitrogens with one attached hydrogen (secondary N) is 2. The Kier molecular flexibility index (Phi) is 4.46. The van der Waals surface area contributed by atoms with Gasteiger partial charge in [-0.25, -0.2) is 4.90 Å². The fourth-order valence-corrected chi connectivity index (χ4v) is 5.35. The average molecular weight is 433 g/mol. The van der Waals surface area contributed by atoms with E-state index in [1.54, 1.807) is 18.2 Å². The predicted molar refractivity (Wildman–Crippen MR) is 116 cm³/mol. The molecule has 2 N–H and O–H groups in total. The number of rotatable bonds is 3. The minimum absolute atomic E-state index is 0.0190. The molecule has 4 atom stereocenters. The normalized spacial score (nSPS) is 28.3. The maximum absolute atomic E-state index is 13.7. The van der Waals surface area contributed by atoms with Crippen molar-refractivity contribution in [1.29, 1.82) is 0 Å². The summed E-state index contributed by atoms with van der Waals surface area (Å²) in [6, 6.07) is 13.1. The summed E-state index contributed by atoms with van der Waals surface area (Å²) < 4.78 is 5.05. The van der Waals surface area contributed by atoms with Crippen LogP contribution in [0.4, 0.5) is 11.4 Å². The van der Waals surface area contributed by atoms with E-state index in [9.17, 15) is 19.2 Å². The van der Waals surface area contributed by atoms with Crippen LogP contribution in [0, 0.1) is 17.8 Å². The highest BCUT2D eigenvalue weighted by Crippen LogP contribution is 2.54. The maximum atomic E-state index is 13.7. The molecular weight excluding hydrogens is 410 g/mol. The van der Waals surface area contributed by atoms with Gasteiger partial charge in [0.05, 0.1) is 17.5 Å². The zero-order chi connectivity index (χ0) is 22.8. The molecule has 2 aromatic carbocycles. The molecule has 3 heterocycles. The molecule has 3 aliphatic heterocycles. The van der Waals surface area contributed by atoms with Gasteiger partial charge >= 0.3 is 5.97 Å². The third-order valence-electron chi connectivity index (χ3n) is 6.63. The van der Waals surface area contributed by atoms with Crippen molar-refractivity contribution >= 4 is 35.1 Å². The van der Waals surface area contributed by atoms with Crippen molar-refractivity contribution in [2.24, 2.45) is 17.8 Å². The van der Waals surface area contributed by atoms with E-state index in [1.165, 1.54) is 24.0 Å². The van der Waals surface area contributed by atoms with E-state index in [0.29, 0.717) is 22.7 Å². The van der Waals surface area contributed by atoms with Crippen LogP contribution in [-0.2, 0) is 24.7 Å². The van der Waals surface area contributed by atoms with Crippen molar-refractivity contribution < 1.29 is 23.9 Å². The van der Waals surface area contributed by atoms with Crippen LogP contribution >= 0.6 is 0 Å². The summed E-state index contributed by atoms with van der Waals surface area (Å²) in [6.07, 6.45) is 0. The second-order valence-corrected chi connectivity index (χ2v) is 8.82. The van der Waals surface area contributed by atoms with Crippen molar-refractivity contribution in [1.82, 2.24) is 5.32 Å². The molecule has 164 valence electrons. The number of hydrogen-bond donors (Lipinski definition) is 2. The first-order valence-corrected chi connectivity index (χ1v) is 10.6. The molecule has 0 bridgehead atoms. The molecular formula is C24H23N3O5. The number of benzene rings is 2. The number of esters is 1. The minimum atomic E-state index is -1.30. The summed E-state index contributed by atoms with van der Waals surface area (Å²) in [7, 11) is 0. The van der Waals surface area contributed by atoms with Crippen LogP contribution in [0.25, 0.3) is 0 Å². The molecule has 4 unspecified atom stereocenters. The van der Waals surface area contributed by atoms with Gasteiger partial charge in [-0.3, -0.25) is 24.5 Å². The van der Waals surface area contributed by atoms with E-state index in [-0.39, 0.29) is 23.8 Å². The molecule has 2 saturated heterocycles. The van der Waals surface area contributed by atoms with Gasteiger partial charge in [0.15, 0.2) is 0 Å². The highest BCUT2D eigenvalue weighted by Gasteiger charge is 2.70. The minimum Gasteiger partial charge on any atom is -0.427 e. The topological polar surface area (TPSA) is 105 Å². The van der Waals surface area contributed by atoms with Crippen molar-refractivity contribution in [3.05, 3.63) is 54.1 Å². The molecule has 3 aliphatic rings. The summed E-state index contributed by atoms with van der Waals surface area (Å²) in [5.74, 6) is -2.72. The van der Waals surface area contributed by atoms with Crippen LogP contribution in [0.2, 0.25) is 0 Å². The van der Waals surface area contributed by atoms with E-state index >= 15 is 0 Å². The van der Waals surface area contributed by atoms with Crippen molar-refractivity contribution in [3.63, 3.8) is 0 Å². The molecule has 0 saturated carbocycles. The highest BCUT2D eigenvalue weighted by atomic mass is 16.5. The SMILES string of the molecule is CC(=O)Oc1ccc(N2C(=O)C3C(C(C)C)NC4(C(=O)Nc5ccccc54)C3C2=O)cc1. The maximum Gasteiger partial charge on any atom is 0.308 e. The van der Waals surface area contributed by atoms with Gasteiger partial charge in [0.25, 0.3) is 0 Å². The van der Waals surface area contributed by atoms with E-state index in [1.807, 2.05) is 32.0 Å². The molecule has 0 aliphatic carbocycles. The number of ether oxygens (including phenoxy) is 1. The lowest BCUT2D eigenvalue weighted by Gasteiger charge is -2.30. The molecule has 2 fully saturated rings. The Bertz CT molecular complexity index is 1160. The van der Waals surface area contributed by atoms with Crippen LogP contribution in [0.1, 0.15) is 26.3 Å². The Labute approximate surface area is 184 Å². The monoisotopic (exact) mass is 433 g/mol. The quantitative estimate of drug-likeness (QED) is 0.437. The Hall–Kier alpha value is -3.52. The van der Waals surface area contributed by atoms with Gasteiger partial charge in [0.1, 0.15) is 11.3 Å². The summed E-state index contributed by atoms with van der Waals surface area (Å²) in [5, 5.41) is 6.29. The number of nitrogens with zero attached hydrogens (tertiary/aromatic N) is 1. The first-order valence-electron chi connectivity index (χ1n) is 10.6. The van der Waals surface area contributed by atoms with Gasteiger partial charge in [-0.2, -0.15) is 0 Å². The standard InChI is InChI=1S/C24H23N3O5/c1-12(2)20-18-19(24(26-20)16-6-4-5-7-17(16)25-23(24)31)22(30)27(21(18)29)14-8-10-15(11-9-14)32-13(3)28/h4-12,18-20,26H,1-3H3,(H,25,31). The zero-order valence-corrected chi connectivity index (χ0v) is 17.9. The number of amides is 3. The van der Waals surface area contributed by atoms with E-state index in [4.69, 9.17) is 4.74 Å². The van der Waals surface area contributed by atoms with Crippen LogP contribution in [0.3, 0.4) is 0 Å². The molecule has 8 nitrogen and oxygen atoms in total. The summed E-state index contributed by atoms with van der Waals surface area (Å²) in [5.41, 5.74) is 0.429. The number of anilines is 2. The summed E-state index contributed by atoms with van der Waals surface area (Å²) >= 11 is 0. The molecule has 0 aromatic heterocycles. The molecule has 2 aromatic rings. The lowest BCUT2D eigenvalue weighted by molar-refractivity contribution is -0.132. The molecule has 32 heavy (non-hydrogen) atoms. The van der Waals surface area contributed by atoms with Crippen molar-refractivity contribution in [3.8, 4) is 5.75 Å². The number of para-hydroxylation sites is 1. The lowest BCUT2D eigenvalue weighted by Crippen LogP contribution is -2.54. The number of fused-ring (bicyclic) bond motifs is 4. The largest absolute Gasteiger partial charge is 0.427 e. The van der Waals surface area contributed by atoms with E-state index in [0.717, 1.165) is 0 Å². The van der Waals surface area contributed by atoms with Gasteiger partial charge in [0.2, 0.25) is 17.7 Å². The number of carbonyl (C=O) groups excluding carboxylic acids is 4. The molecule has 8 heteroatoms. The first-order chi connectivity index (χ1) is 15.3. The van der Waals surface area contributed by atoms with Crippen LogP contribution in [0.15, 0.2) is 48.5 Å². The predicted octanol–water partition coefficient (Wildman–Crippen LogP) is 2.19. The first kappa shape index (κ1) is 20.4. The molecule has 3 amide bonds. The summed E-state index contributed by atoms with van der Waals surface area (Å²) in [6.45, 7) is 5.24. The van der Waals surface area contributed by atoms with Crippen molar-refractivity contribution in [2.45, 2.75) is 32.4 Å². The van der Waals surface area contributed by atoms with Crippen LogP contribution < -0.4 is 20.3 Å². The zero-order valence-electron chi connectivity index (χ0n) is 17.9. The smallest absolute Gasteiger partial charge is 0.308 e. The van der Waals surface area contributed by atoms with Gasteiger partial charge in [-0.1, -0.05) is 32.0 Å². The molecule has 1 spiro atoms. The fourth-order valence-electron chi connectivity index (χ4n) is 5.35. The average Bonchev–Trinajstić information content (AvgIpc) is 3.34. The highest BCUT2D eigenvalue weighted by molar-refractivity contribution is 6.25. The van der Waals surface area contributed by atoms with Gasteiger partial charge < -0.3 is 10.1 Å². The Balaban J connectivity index is 1.60. The van der Waals surface area contributed by atoms with Crippen LogP contribution in [-0.4, -0.2) is 29.7 Å². The number of carbonyl (C=O) groups is 4. The Morgan fingerprint density at radius 1 is 1.03 bits per heavy atom. The van der Waals surface area contributed by atoms with Crippen LogP contribution in [0.5, 0.6) is 5.75 Å². The van der Waals surface area contributed by atoms with E-state index < -0.39 is 29.3 Å². The van der Waals surface area contributed by atoms with Crippen molar-refractivity contribution in [2.75, 3.05) is 10.2 Å². The number of imide groups is 1. The van der Waals surface area contributed by atoms with Gasteiger partial charge in [-0.15, -0.1) is 0 Å². The third kappa shape index (κ3) is 2.65. The summed E-state index contributed by atoms with van der Waals surface area (Å²) in [4.78, 5) is 53.0.